The van der Waals surface area contributed by atoms with E-state index in [2.05, 4.69) is 25.9 Å². The van der Waals surface area contributed by atoms with Gasteiger partial charge in [0.1, 0.15) is 11.2 Å². The lowest BCUT2D eigenvalue weighted by Crippen LogP contribution is -2.01. The third kappa shape index (κ3) is 3.17. The standard InChI is InChI=1S/C12H11BrN2O2/c1-16-12-11(14-7-10(13)15-12)17-8-9-5-3-2-4-6-9/h2-7H,8H2,1H3. The van der Waals surface area contributed by atoms with E-state index >= 15 is 0 Å². The molecule has 1 aromatic carbocycles. The van der Waals surface area contributed by atoms with E-state index in [1.807, 2.05) is 30.3 Å². The monoisotopic (exact) mass is 294 g/mol. The van der Waals surface area contributed by atoms with Gasteiger partial charge in [-0.1, -0.05) is 30.3 Å². The molecule has 0 saturated carbocycles. The van der Waals surface area contributed by atoms with Crippen molar-refractivity contribution in [3.8, 4) is 11.8 Å². The summed E-state index contributed by atoms with van der Waals surface area (Å²) in [6.45, 7) is 0.438. The Labute approximate surface area is 108 Å². The molecule has 0 aliphatic heterocycles. The van der Waals surface area contributed by atoms with Gasteiger partial charge in [-0.3, -0.25) is 0 Å². The molecule has 88 valence electrons. The first-order chi connectivity index (χ1) is 8.29. The average Bonchev–Trinajstić information content (AvgIpc) is 2.38. The minimum atomic E-state index is 0.371. The quantitative estimate of drug-likeness (QED) is 0.870. The lowest BCUT2D eigenvalue weighted by Gasteiger charge is -2.08. The van der Waals surface area contributed by atoms with Crippen molar-refractivity contribution in [3.05, 3.63) is 46.7 Å². The zero-order valence-corrected chi connectivity index (χ0v) is 10.8. The van der Waals surface area contributed by atoms with Gasteiger partial charge in [0.25, 0.3) is 11.8 Å². The summed E-state index contributed by atoms with van der Waals surface area (Å²) in [5, 5.41) is 0. The van der Waals surface area contributed by atoms with Crippen molar-refractivity contribution in [2.45, 2.75) is 6.61 Å². The number of aromatic nitrogens is 2. The van der Waals surface area contributed by atoms with E-state index in [-0.39, 0.29) is 0 Å². The zero-order chi connectivity index (χ0) is 12.1. The van der Waals surface area contributed by atoms with Crippen LogP contribution in [-0.4, -0.2) is 17.1 Å². The van der Waals surface area contributed by atoms with Crippen LogP contribution in [0.25, 0.3) is 0 Å². The van der Waals surface area contributed by atoms with Crippen molar-refractivity contribution in [3.63, 3.8) is 0 Å². The molecule has 0 saturated heterocycles. The Morgan fingerprint density at radius 3 is 2.65 bits per heavy atom. The zero-order valence-electron chi connectivity index (χ0n) is 9.26. The smallest absolute Gasteiger partial charge is 0.278 e. The Kier molecular flexibility index (Phi) is 3.93. The summed E-state index contributed by atoms with van der Waals surface area (Å²) in [4.78, 5) is 8.22. The van der Waals surface area contributed by atoms with Crippen LogP contribution in [0.3, 0.4) is 0 Å². The highest BCUT2D eigenvalue weighted by Gasteiger charge is 2.08. The Bertz CT molecular complexity index is 491. The van der Waals surface area contributed by atoms with E-state index in [4.69, 9.17) is 9.47 Å². The fraction of sp³-hybridized carbons (Fsp3) is 0.167. The first-order valence-corrected chi connectivity index (χ1v) is 5.82. The van der Waals surface area contributed by atoms with Crippen LogP contribution in [0.2, 0.25) is 0 Å². The third-order valence-electron chi connectivity index (χ3n) is 2.09. The predicted octanol–water partition coefficient (Wildman–Crippen LogP) is 2.83. The molecule has 1 aromatic heterocycles. The molecule has 0 spiro atoms. The minimum Gasteiger partial charge on any atom is -0.477 e. The number of halogens is 1. The van der Waals surface area contributed by atoms with E-state index < -0.39 is 0 Å². The fourth-order valence-electron chi connectivity index (χ4n) is 1.30. The number of benzene rings is 1. The first kappa shape index (κ1) is 11.9. The largest absolute Gasteiger partial charge is 0.477 e. The van der Waals surface area contributed by atoms with Crippen LogP contribution in [0, 0.1) is 0 Å². The minimum absolute atomic E-state index is 0.371. The van der Waals surface area contributed by atoms with Crippen molar-refractivity contribution in [1.29, 1.82) is 0 Å². The van der Waals surface area contributed by atoms with Crippen LogP contribution >= 0.6 is 15.9 Å². The molecule has 0 radical (unpaired) electrons. The summed E-state index contributed by atoms with van der Waals surface area (Å²) in [6, 6.07) is 9.85. The highest BCUT2D eigenvalue weighted by atomic mass is 79.9. The second kappa shape index (κ2) is 5.63. The van der Waals surface area contributed by atoms with Gasteiger partial charge in [-0.05, 0) is 21.5 Å². The Hall–Kier alpha value is -1.62. The van der Waals surface area contributed by atoms with Gasteiger partial charge in [-0.25, -0.2) is 4.98 Å². The summed E-state index contributed by atoms with van der Waals surface area (Å²) < 4.78 is 11.2. The molecule has 0 fully saturated rings. The number of methoxy groups -OCH3 is 1. The van der Waals surface area contributed by atoms with E-state index in [1.54, 1.807) is 6.20 Å². The summed E-state index contributed by atoms with van der Waals surface area (Å²) >= 11 is 3.22. The molecule has 0 bridgehead atoms. The van der Waals surface area contributed by atoms with Gasteiger partial charge < -0.3 is 9.47 Å². The SMILES string of the molecule is COc1nc(Br)cnc1OCc1ccccc1. The van der Waals surface area contributed by atoms with Crippen molar-refractivity contribution in [2.24, 2.45) is 0 Å². The van der Waals surface area contributed by atoms with E-state index in [0.29, 0.717) is 23.0 Å². The Balaban J connectivity index is 2.09. The predicted molar refractivity (Wildman–Crippen MR) is 67.1 cm³/mol. The summed E-state index contributed by atoms with van der Waals surface area (Å²) in [7, 11) is 1.53. The molecule has 0 unspecified atom stereocenters. The normalized spacial score (nSPS) is 10.0. The van der Waals surface area contributed by atoms with E-state index in [0.717, 1.165) is 5.56 Å². The number of hydrogen-bond acceptors (Lipinski definition) is 4. The molecule has 2 aromatic rings. The van der Waals surface area contributed by atoms with Gasteiger partial charge in [0.15, 0.2) is 0 Å². The van der Waals surface area contributed by atoms with Gasteiger partial charge in [0, 0.05) is 0 Å². The van der Waals surface area contributed by atoms with Gasteiger partial charge in [-0.2, -0.15) is 4.98 Å². The second-order valence-corrected chi connectivity index (χ2v) is 4.09. The fourth-order valence-corrected chi connectivity index (χ4v) is 1.56. The maximum Gasteiger partial charge on any atom is 0.278 e. The highest BCUT2D eigenvalue weighted by molar-refractivity contribution is 9.10. The number of hydrogen-bond donors (Lipinski definition) is 0. The van der Waals surface area contributed by atoms with Crippen LogP contribution in [0.1, 0.15) is 5.56 Å². The molecule has 0 aliphatic rings. The highest BCUT2D eigenvalue weighted by Crippen LogP contribution is 2.23. The summed E-state index contributed by atoms with van der Waals surface area (Å²) in [5.74, 6) is 0.759. The first-order valence-electron chi connectivity index (χ1n) is 5.03. The maximum atomic E-state index is 5.55. The van der Waals surface area contributed by atoms with Crippen molar-refractivity contribution >= 4 is 15.9 Å². The molecular formula is C12H11BrN2O2. The molecule has 5 heteroatoms. The maximum absolute atomic E-state index is 5.55. The van der Waals surface area contributed by atoms with Crippen LogP contribution in [0.15, 0.2) is 41.1 Å². The van der Waals surface area contributed by atoms with Crippen molar-refractivity contribution in [1.82, 2.24) is 9.97 Å². The van der Waals surface area contributed by atoms with Crippen molar-refractivity contribution < 1.29 is 9.47 Å². The van der Waals surface area contributed by atoms with Crippen LogP contribution in [-0.2, 0) is 6.61 Å². The number of ether oxygens (including phenoxy) is 2. The molecule has 0 atom stereocenters. The molecule has 17 heavy (non-hydrogen) atoms. The lowest BCUT2D eigenvalue weighted by molar-refractivity contribution is 0.266. The third-order valence-corrected chi connectivity index (χ3v) is 2.47. The molecule has 0 aliphatic carbocycles. The van der Waals surface area contributed by atoms with Gasteiger partial charge in [-0.15, -0.1) is 0 Å². The molecule has 2 rings (SSSR count). The van der Waals surface area contributed by atoms with Crippen LogP contribution in [0.4, 0.5) is 0 Å². The van der Waals surface area contributed by atoms with Crippen LogP contribution < -0.4 is 9.47 Å². The van der Waals surface area contributed by atoms with Crippen molar-refractivity contribution in [2.75, 3.05) is 7.11 Å². The molecule has 1 heterocycles. The molecular weight excluding hydrogens is 284 g/mol. The van der Waals surface area contributed by atoms with Gasteiger partial charge in [0.2, 0.25) is 0 Å². The summed E-state index contributed by atoms with van der Waals surface area (Å²) in [5.41, 5.74) is 1.07. The summed E-state index contributed by atoms with van der Waals surface area (Å²) in [6.07, 6.45) is 1.57. The van der Waals surface area contributed by atoms with Gasteiger partial charge in [0.05, 0.1) is 13.3 Å². The van der Waals surface area contributed by atoms with E-state index in [9.17, 15) is 0 Å². The number of nitrogens with zero attached hydrogens (tertiary/aromatic N) is 2. The van der Waals surface area contributed by atoms with E-state index in [1.165, 1.54) is 7.11 Å². The average molecular weight is 295 g/mol. The molecule has 4 nitrogen and oxygen atoms in total. The van der Waals surface area contributed by atoms with Crippen LogP contribution in [0.5, 0.6) is 11.8 Å². The lowest BCUT2D eigenvalue weighted by atomic mass is 10.2. The number of rotatable bonds is 4. The topological polar surface area (TPSA) is 44.2 Å². The Morgan fingerprint density at radius 1 is 1.18 bits per heavy atom. The van der Waals surface area contributed by atoms with Gasteiger partial charge >= 0.3 is 0 Å². The molecule has 0 amide bonds. The Morgan fingerprint density at radius 2 is 1.94 bits per heavy atom. The molecule has 0 N–H and O–H groups in total. The second-order valence-electron chi connectivity index (χ2n) is 3.28.